The summed E-state index contributed by atoms with van der Waals surface area (Å²) in [4.78, 5) is 0. The third kappa shape index (κ3) is 4.68. The topological polar surface area (TPSA) is 43.4 Å². The van der Waals surface area contributed by atoms with Crippen LogP contribution in [0, 0.1) is 0 Å². The largest absolute Gasteiger partial charge is 0.448 e. The fraction of sp³-hybridized carbons (Fsp3) is 0.714. The highest BCUT2D eigenvalue weighted by molar-refractivity contribution is 7.88. The van der Waals surface area contributed by atoms with Gasteiger partial charge >= 0.3 is 27.7 Å². The van der Waals surface area contributed by atoms with E-state index >= 15 is 0 Å². The molecule has 0 unspecified atom stereocenters. The van der Waals surface area contributed by atoms with Gasteiger partial charge in [0.15, 0.2) is 0 Å². The number of benzene rings is 1. The zero-order valence-electron chi connectivity index (χ0n) is 16.9. The van der Waals surface area contributed by atoms with Gasteiger partial charge in [-0.15, -0.1) is 0 Å². The molecule has 0 aliphatic heterocycles. The Morgan fingerprint density at radius 3 is 1.61 bits per heavy atom. The number of rotatable bonds is 7. The summed E-state index contributed by atoms with van der Waals surface area (Å²) in [5.74, 6) is -6.82. The van der Waals surface area contributed by atoms with Gasteiger partial charge in [0.1, 0.15) is 5.75 Å². The first-order valence-electron chi connectivity index (χ1n) is 10.6. The van der Waals surface area contributed by atoms with E-state index in [1.54, 1.807) is 18.2 Å². The first kappa shape index (κ1) is 24.2. The molecule has 0 heterocycles. The molecule has 3 nitrogen and oxygen atoms in total. The fourth-order valence-electron chi connectivity index (χ4n) is 4.60. The van der Waals surface area contributed by atoms with Crippen LogP contribution in [0.2, 0.25) is 0 Å². The molecule has 2 aliphatic rings. The maximum absolute atomic E-state index is 14.1. The molecule has 31 heavy (non-hydrogen) atoms. The minimum absolute atomic E-state index is 0.174. The van der Waals surface area contributed by atoms with Crippen molar-refractivity contribution in [1.29, 1.82) is 0 Å². The molecule has 2 fully saturated rings. The van der Waals surface area contributed by atoms with Crippen molar-refractivity contribution < 1.29 is 38.9 Å². The summed E-state index contributed by atoms with van der Waals surface area (Å²) in [7, 11) is -6.40. The minimum atomic E-state index is -6.40. The van der Waals surface area contributed by atoms with Gasteiger partial charge in [0, 0.05) is 0 Å². The van der Waals surface area contributed by atoms with Crippen molar-refractivity contribution in [3.8, 4) is 5.75 Å². The molecule has 0 saturated heterocycles. The zero-order chi connectivity index (χ0) is 22.9. The SMILES string of the molecule is O=S(=O)(Oc1c(C2CCCCC2)cccc1C1CCCCC1)C(F)(F)C(F)(F)C(F)F. The van der Waals surface area contributed by atoms with Crippen LogP contribution in [0.15, 0.2) is 18.2 Å². The molecular formula is C21H26F6O3S. The molecule has 1 aromatic carbocycles. The maximum Gasteiger partial charge on any atom is 0.448 e. The first-order valence-corrected chi connectivity index (χ1v) is 12.0. The average molecular weight is 472 g/mol. The van der Waals surface area contributed by atoms with E-state index in [1.807, 2.05) is 0 Å². The summed E-state index contributed by atoms with van der Waals surface area (Å²) in [6.45, 7) is 0. The third-order valence-corrected chi connectivity index (χ3v) is 7.62. The normalized spacial score (nSPS) is 20.2. The highest BCUT2D eigenvalue weighted by Gasteiger charge is 2.72. The zero-order valence-corrected chi connectivity index (χ0v) is 17.8. The van der Waals surface area contributed by atoms with E-state index in [4.69, 9.17) is 0 Å². The van der Waals surface area contributed by atoms with E-state index in [1.165, 1.54) is 0 Å². The Hall–Kier alpha value is -1.45. The standard InChI is InChI=1S/C21H26F6O3S/c22-19(23)20(24,25)21(26,27)31(28,29)30-18-16(14-8-3-1-4-9-14)12-7-13-17(18)15-10-5-2-6-11-15/h7,12-15,19H,1-6,8-11H2. The van der Waals surface area contributed by atoms with E-state index in [-0.39, 0.29) is 17.6 Å². The second-order valence-corrected chi connectivity index (χ2v) is 10.0. The van der Waals surface area contributed by atoms with E-state index in [2.05, 4.69) is 4.18 Å². The van der Waals surface area contributed by atoms with Crippen LogP contribution < -0.4 is 4.18 Å². The van der Waals surface area contributed by atoms with Crippen molar-refractivity contribution in [3.05, 3.63) is 29.3 Å². The van der Waals surface area contributed by atoms with Gasteiger partial charge in [-0.2, -0.15) is 26.0 Å². The Labute approximate surface area is 178 Å². The third-order valence-electron chi connectivity index (χ3n) is 6.34. The van der Waals surface area contributed by atoms with Crippen molar-refractivity contribution in [2.24, 2.45) is 0 Å². The van der Waals surface area contributed by atoms with E-state index in [9.17, 15) is 34.8 Å². The monoisotopic (exact) mass is 472 g/mol. The summed E-state index contributed by atoms with van der Waals surface area (Å²) in [6.07, 6.45) is 3.19. The molecule has 0 spiro atoms. The number of alkyl halides is 6. The molecule has 0 N–H and O–H groups in total. The summed E-state index contributed by atoms with van der Waals surface area (Å²) in [6, 6.07) is 4.78. The molecule has 2 aliphatic carbocycles. The molecule has 10 heteroatoms. The van der Waals surface area contributed by atoms with Crippen LogP contribution in [0.5, 0.6) is 5.75 Å². The Kier molecular flexibility index (Phi) is 7.18. The van der Waals surface area contributed by atoms with Crippen LogP contribution in [0.4, 0.5) is 26.3 Å². The summed E-state index contributed by atoms with van der Waals surface area (Å²) >= 11 is 0. The molecule has 1 aromatic rings. The first-order chi connectivity index (χ1) is 14.5. The summed E-state index contributed by atoms with van der Waals surface area (Å²) < 4.78 is 110. The summed E-state index contributed by atoms with van der Waals surface area (Å²) in [5.41, 5.74) is 0.727. The second kappa shape index (κ2) is 9.19. The van der Waals surface area contributed by atoms with Gasteiger partial charge in [-0.25, -0.2) is 8.78 Å². The quantitative estimate of drug-likeness (QED) is 0.318. The Morgan fingerprint density at radius 2 is 1.23 bits per heavy atom. The minimum Gasteiger partial charge on any atom is -0.377 e. The molecule has 176 valence electrons. The average Bonchev–Trinajstić information content (AvgIpc) is 2.74. The highest BCUT2D eigenvalue weighted by Crippen LogP contribution is 2.48. The van der Waals surface area contributed by atoms with Gasteiger partial charge in [0.25, 0.3) is 0 Å². The smallest absolute Gasteiger partial charge is 0.377 e. The van der Waals surface area contributed by atoms with Gasteiger partial charge in [-0.3, -0.25) is 0 Å². The van der Waals surface area contributed by atoms with Crippen molar-refractivity contribution in [1.82, 2.24) is 0 Å². The van der Waals surface area contributed by atoms with Crippen LogP contribution in [-0.4, -0.2) is 26.0 Å². The molecule has 0 atom stereocenters. The lowest BCUT2D eigenvalue weighted by Crippen LogP contribution is -2.53. The van der Waals surface area contributed by atoms with Crippen molar-refractivity contribution >= 4 is 10.1 Å². The van der Waals surface area contributed by atoms with Gasteiger partial charge in [-0.1, -0.05) is 56.7 Å². The van der Waals surface area contributed by atoms with Crippen LogP contribution in [-0.2, 0) is 10.1 Å². The van der Waals surface area contributed by atoms with Gasteiger partial charge in [0.2, 0.25) is 0 Å². The van der Waals surface area contributed by atoms with Crippen molar-refractivity contribution in [2.45, 2.75) is 93.6 Å². The van der Waals surface area contributed by atoms with E-state index in [0.29, 0.717) is 36.8 Å². The Morgan fingerprint density at radius 1 is 0.806 bits per heavy atom. The molecular weight excluding hydrogens is 446 g/mol. The number of hydrogen-bond donors (Lipinski definition) is 0. The highest BCUT2D eigenvalue weighted by atomic mass is 32.2. The van der Waals surface area contributed by atoms with E-state index in [0.717, 1.165) is 38.5 Å². The lowest BCUT2D eigenvalue weighted by molar-refractivity contribution is -0.227. The predicted molar refractivity (Wildman–Crippen MR) is 104 cm³/mol. The van der Waals surface area contributed by atoms with Gasteiger partial charge in [0.05, 0.1) is 0 Å². The Balaban J connectivity index is 2.06. The number of hydrogen-bond acceptors (Lipinski definition) is 3. The van der Waals surface area contributed by atoms with E-state index < -0.39 is 27.7 Å². The lowest BCUT2D eigenvalue weighted by Gasteiger charge is -2.30. The predicted octanol–water partition coefficient (Wildman–Crippen LogP) is 6.98. The Bertz CT molecular complexity index is 824. The number of para-hydroxylation sites is 1. The van der Waals surface area contributed by atoms with Crippen LogP contribution in [0.1, 0.15) is 87.2 Å². The van der Waals surface area contributed by atoms with Crippen LogP contribution in [0.25, 0.3) is 0 Å². The van der Waals surface area contributed by atoms with Crippen molar-refractivity contribution in [2.75, 3.05) is 0 Å². The van der Waals surface area contributed by atoms with Gasteiger partial charge in [-0.05, 0) is 48.6 Å². The molecule has 0 radical (unpaired) electrons. The molecule has 0 amide bonds. The number of halogens is 6. The molecule has 2 saturated carbocycles. The fourth-order valence-corrected chi connectivity index (χ4v) is 5.53. The second-order valence-electron chi connectivity index (χ2n) is 8.41. The van der Waals surface area contributed by atoms with Gasteiger partial charge < -0.3 is 4.18 Å². The molecule has 0 aromatic heterocycles. The van der Waals surface area contributed by atoms with Crippen molar-refractivity contribution in [3.63, 3.8) is 0 Å². The molecule has 0 bridgehead atoms. The van der Waals surface area contributed by atoms with Crippen LogP contribution >= 0.6 is 0 Å². The summed E-state index contributed by atoms with van der Waals surface area (Å²) in [5, 5.41) is -6.09. The van der Waals surface area contributed by atoms with Crippen LogP contribution in [0.3, 0.4) is 0 Å². The lowest BCUT2D eigenvalue weighted by atomic mass is 9.79. The maximum atomic E-state index is 14.1. The molecule has 3 rings (SSSR count).